The molecule has 2 aromatic carbocycles. The van der Waals surface area contributed by atoms with E-state index in [1.807, 2.05) is 30.3 Å². The number of aliphatic hydroxyl groups excluding tert-OH is 3. The minimum atomic E-state index is -1.21. The summed E-state index contributed by atoms with van der Waals surface area (Å²) < 4.78 is 22.8. The van der Waals surface area contributed by atoms with Crippen molar-refractivity contribution in [3.63, 3.8) is 0 Å². The molecule has 8 heteroatoms. The van der Waals surface area contributed by atoms with Gasteiger partial charge < -0.3 is 33.9 Å². The molecule has 0 radical (unpaired) electrons. The topological polar surface area (TPSA) is 119 Å². The first kappa shape index (κ1) is 20.4. The number of aliphatic hydroxyl groups is 3. The van der Waals surface area contributed by atoms with E-state index in [4.69, 9.17) is 18.6 Å². The quantitative estimate of drug-likeness (QED) is 0.577. The molecule has 1 fully saturated rings. The van der Waals surface area contributed by atoms with Gasteiger partial charge in [0.15, 0.2) is 16.8 Å². The minimum Gasteiger partial charge on any atom is -0.490 e. The number of hydrogen-bond donors (Lipinski definition) is 3. The Bertz CT molecular complexity index is 1080. The molecule has 0 unspecified atom stereocenters. The van der Waals surface area contributed by atoms with E-state index in [1.54, 1.807) is 12.1 Å². The summed E-state index contributed by atoms with van der Waals surface area (Å²) in [6.45, 7) is -0.470. The predicted octanol–water partition coefficient (Wildman–Crippen LogP) is 1.68. The summed E-state index contributed by atoms with van der Waals surface area (Å²) >= 11 is 0. The lowest BCUT2D eigenvalue weighted by atomic mass is 10.0. The Morgan fingerprint density at radius 3 is 2.60 bits per heavy atom. The third-order valence-electron chi connectivity index (χ3n) is 5.05. The summed E-state index contributed by atoms with van der Waals surface area (Å²) in [5.41, 5.74) is 0.729. The molecule has 3 N–H and O–H groups in total. The highest BCUT2D eigenvalue weighted by atomic mass is 16.7. The molecule has 8 nitrogen and oxygen atoms in total. The molecule has 0 spiro atoms. The van der Waals surface area contributed by atoms with Gasteiger partial charge in [0.2, 0.25) is 12.0 Å². The van der Waals surface area contributed by atoms with Crippen molar-refractivity contribution in [2.24, 2.45) is 0 Å². The van der Waals surface area contributed by atoms with Gasteiger partial charge in [-0.25, -0.2) is 0 Å². The molecular formula is C22H22O8. The molecule has 158 valence electrons. The highest BCUT2D eigenvalue weighted by Crippen LogP contribution is 2.38. The van der Waals surface area contributed by atoms with Crippen LogP contribution in [0, 0.1) is 0 Å². The van der Waals surface area contributed by atoms with E-state index < -0.39 is 31.2 Å². The van der Waals surface area contributed by atoms with Crippen LogP contribution in [0.5, 0.6) is 11.5 Å². The maximum absolute atomic E-state index is 12.6. The molecule has 1 aliphatic heterocycles. The number of fused-ring (bicyclic) bond motifs is 1. The highest BCUT2D eigenvalue weighted by molar-refractivity contribution is 5.86. The number of ether oxygens (including phenoxy) is 3. The first-order valence-electron chi connectivity index (χ1n) is 9.51. The molecule has 3 aromatic rings. The van der Waals surface area contributed by atoms with E-state index in [-0.39, 0.29) is 28.9 Å². The fraction of sp³-hybridized carbons (Fsp3) is 0.318. The number of benzene rings is 2. The number of rotatable bonds is 5. The Morgan fingerprint density at radius 2 is 1.90 bits per heavy atom. The van der Waals surface area contributed by atoms with E-state index in [2.05, 4.69) is 0 Å². The van der Waals surface area contributed by atoms with Crippen molar-refractivity contribution in [3.05, 3.63) is 58.8 Å². The summed E-state index contributed by atoms with van der Waals surface area (Å²) in [5, 5.41) is 29.6. The minimum absolute atomic E-state index is 0.00708. The Kier molecular flexibility index (Phi) is 5.74. The SMILES string of the molecule is COc1c(O[C@H]2C[C@@H](O)[C@H](O)[C@@H](CO)O2)ccc2c(=O)cc(-c3ccccc3)oc12. The van der Waals surface area contributed by atoms with E-state index in [0.29, 0.717) is 11.1 Å². The largest absolute Gasteiger partial charge is 0.490 e. The molecule has 1 aliphatic rings. The summed E-state index contributed by atoms with van der Waals surface area (Å²) in [7, 11) is 1.42. The fourth-order valence-corrected chi connectivity index (χ4v) is 3.49. The van der Waals surface area contributed by atoms with Gasteiger partial charge in [0.05, 0.1) is 25.2 Å². The molecule has 30 heavy (non-hydrogen) atoms. The fourth-order valence-electron chi connectivity index (χ4n) is 3.49. The van der Waals surface area contributed by atoms with Gasteiger partial charge in [0, 0.05) is 18.1 Å². The van der Waals surface area contributed by atoms with Gasteiger partial charge >= 0.3 is 0 Å². The number of methoxy groups -OCH3 is 1. The van der Waals surface area contributed by atoms with Gasteiger partial charge in [-0.05, 0) is 12.1 Å². The van der Waals surface area contributed by atoms with E-state index in [0.717, 1.165) is 5.56 Å². The van der Waals surface area contributed by atoms with Gasteiger partial charge in [0.25, 0.3) is 0 Å². The third-order valence-corrected chi connectivity index (χ3v) is 5.05. The van der Waals surface area contributed by atoms with Gasteiger partial charge in [-0.1, -0.05) is 30.3 Å². The maximum atomic E-state index is 12.6. The Labute approximate surface area is 171 Å². The van der Waals surface area contributed by atoms with Crippen molar-refractivity contribution in [1.29, 1.82) is 0 Å². The number of hydrogen-bond acceptors (Lipinski definition) is 8. The summed E-state index contributed by atoms with van der Waals surface area (Å²) in [4.78, 5) is 12.6. The van der Waals surface area contributed by atoms with Gasteiger partial charge in [-0.2, -0.15) is 0 Å². The van der Waals surface area contributed by atoms with Crippen LogP contribution in [-0.2, 0) is 4.74 Å². The van der Waals surface area contributed by atoms with Crippen LogP contribution in [0.4, 0.5) is 0 Å². The molecule has 0 bridgehead atoms. The first-order chi connectivity index (χ1) is 14.5. The van der Waals surface area contributed by atoms with Crippen molar-refractivity contribution in [1.82, 2.24) is 0 Å². The van der Waals surface area contributed by atoms with Crippen molar-refractivity contribution in [3.8, 4) is 22.8 Å². The molecule has 2 heterocycles. The van der Waals surface area contributed by atoms with Gasteiger partial charge in [-0.3, -0.25) is 4.79 Å². The zero-order chi connectivity index (χ0) is 21.3. The molecule has 0 aliphatic carbocycles. The van der Waals surface area contributed by atoms with Crippen LogP contribution in [0.2, 0.25) is 0 Å². The normalized spacial score (nSPS) is 24.0. The molecule has 1 saturated heterocycles. The lowest BCUT2D eigenvalue weighted by Crippen LogP contribution is -2.51. The Balaban J connectivity index is 1.73. The van der Waals surface area contributed by atoms with Crippen LogP contribution in [0.15, 0.2) is 57.7 Å². The summed E-state index contributed by atoms with van der Waals surface area (Å²) in [5.74, 6) is 0.826. The van der Waals surface area contributed by atoms with Crippen LogP contribution in [0.25, 0.3) is 22.3 Å². The van der Waals surface area contributed by atoms with Gasteiger partial charge in [-0.15, -0.1) is 0 Å². The van der Waals surface area contributed by atoms with Crippen LogP contribution in [0.1, 0.15) is 6.42 Å². The van der Waals surface area contributed by atoms with E-state index in [1.165, 1.54) is 13.2 Å². The standard InChI is InChI=1S/C22H22O8/c1-27-22-16(28-19-10-15(25)20(26)18(11-23)29-19)8-7-13-14(24)9-17(30-21(13)22)12-5-3-2-4-6-12/h2-9,15,18-20,23,25-26H,10-11H2,1H3/t15-,18-,19-,20+/m1/s1. The average molecular weight is 414 g/mol. The molecule has 4 atom stereocenters. The molecule has 4 rings (SSSR count). The zero-order valence-electron chi connectivity index (χ0n) is 16.2. The van der Waals surface area contributed by atoms with Crippen LogP contribution >= 0.6 is 0 Å². The molecule has 1 aromatic heterocycles. The van der Waals surface area contributed by atoms with Crippen LogP contribution < -0.4 is 14.9 Å². The maximum Gasteiger partial charge on any atom is 0.204 e. The lowest BCUT2D eigenvalue weighted by molar-refractivity contribution is -0.230. The summed E-state index contributed by atoms with van der Waals surface area (Å²) in [6.07, 6.45) is -4.24. The van der Waals surface area contributed by atoms with E-state index >= 15 is 0 Å². The van der Waals surface area contributed by atoms with Crippen molar-refractivity contribution < 1.29 is 33.9 Å². The highest BCUT2D eigenvalue weighted by Gasteiger charge is 2.37. The average Bonchev–Trinajstić information content (AvgIpc) is 2.76. The Morgan fingerprint density at radius 1 is 1.13 bits per heavy atom. The van der Waals surface area contributed by atoms with Crippen LogP contribution in [-0.4, -0.2) is 53.6 Å². The predicted molar refractivity (Wildman–Crippen MR) is 107 cm³/mol. The first-order valence-corrected chi connectivity index (χ1v) is 9.51. The van der Waals surface area contributed by atoms with Crippen molar-refractivity contribution in [2.75, 3.05) is 13.7 Å². The Hall–Kier alpha value is -2.91. The molecular weight excluding hydrogens is 392 g/mol. The van der Waals surface area contributed by atoms with E-state index in [9.17, 15) is 20.1 Å². The third kappa shape index (κ3) is 3.78. The smallest absolute Gasteiger partial charge is 0.204 e. The molecule has 0 amide bonds. The van der Waals surface area contributed by atoms with Crippen molar-refractivity contribution in [2.45, 2.75) is 31.0 Å². The van der Waals surface area contributed by atoms with Crippen molar-refractivity contribution >= 4 is 11.0 Å². The second-order valence-corrected chi connectivity index (χ2v) is 7.01. The second-order valence-electron chi connectivity index (χ2n) is 7.01. The molecule has 0 saturated carbocycles. The van der Waals surface area contributed by atoms with Crippen LogP contribution in [0.3, 0.4) is 0 Å². The van der Waals surface area contributed by atoms with Gasteiger partial charge in [0.1, 0.15) is 18.0 Å². The second kappa shape index (κ2) is 8.45. The monoisotopic (exact) mass is 414 g/mol. The zero-order valence-corrected chi connectivity index (χ0v) is 16.2. The summed E-state index contributed by atoms with van der Waals surface area (Å²) in [6, 6.07) is 13.7. The lowest BCUT2D eigenvalue weighted by Gasteiger charge is -2.36.